The first-order chi connectivity index (χ1) is 16.1. The third-order valence-corrected chi connectivity index (χ3v) is 7.28. The Labute approximate surface area is 202 Å². The molecule has 0 bridgehead atoms. The molecule has 3 aliphatic rings. The Bertz CT molecular complexity index is 1010. The summed E-state index contributed by atoms with van der Waals surface area (Å²) >= 11 is 3.40. The molecule has 0 saturated carbocycles. The maximum atomic E-state index is 13.1. The minimum Gasteiger partial charge on any atom is -0.454 e. The summed E-state index contributed by atoms with van der Waals surface area (Å²) in [6.07, 6.45) is 1.47. The molecule has 3 heterocycles. The van der Waals surface area contributed by atoms with Crippen LogP contribution >= 0.6 is 15.9 Å². The number of fused-ring (bicyclic) bond motifs is 1. The lowest BCUT2D eigenvalue weighted by Gasteiger charge is -2.38. The van der Waals surface area contributed by atoms with E-state index < -0.39 is 0 Å². The predicted octanol–water partition coefficient (Wildman–Crippen LogP) is 3.37. The molecule has 0 aromatic heterocycles. The van der Waals surface area contributed by atoms with Crippen molar-refractivity contribution in [3.05, 3.63) is 58.1 Å². The van der Waals surface area contributed by atoms with Gasteiger partial charge in [0.15, 0.2) is 11.5 Å². The highest BCUT2D eigenvalue weighted by Gasteiger charge is 2.32. The fourth-order valence-electron chi connectivity index (χ4n) is 4.79. The predicted molar refractivity (Wildman–Crippen MR) is 127 cm³/mol. The molecule has 2 aromatic carbocycles. The Morgan fingerprint density at radius 2 is 1.55 bits per heavy atom. The van der Waals surface area contributed by atoms with Crippen LogP contribution in [0, 0.1) is 5.92 Å². The van der Waals surface area contributed by atoms with Crippen LogP contribution in [0.2, 0.25) is 0 Å². The lowest BCUT2D eigenvalue weighted by atomic mass is 9.94. The summed E-state index contributed by atoms with van der Waals surface area (Å²) in [5.41, 5.74) is 1.89. The summed E-state index contributed by atoms with van der Waals surface area (Å²) in [5.74, 6) is 1.92. The Morgan fingerprint density at radius 3 is 2.27 bits per heavy atom. The monoisotopic (exact) mass is 513 g/mol. The molecule has 0 spiro atoms. The van der Waals surface area contributed by atoms with Gasteiger partial charge >= 0.3 is 0 Å². The van der Waals surface area contributed by atoms with Gasteiger partial charge < -0.3 is 19.3 Å². The van der Waals surface area contributed by atoms with Crippen molar-refractivity contribution in [2.75, 3.05) is 46.1 Å². The van der Waals surface area contributed by atoms with Crippen LogP contribution in [0.25, 0.3) is 0 Å². The summed E-state index contributed by atoms with van der Waals surface area (Å²) in [4.78, 5) is 32.1. The molecule has 0 aliphatic carbocycles. The molecule has 7 nitrogen and oxygen atoms in total. The van der Waals surface area contributed by atoms with Gasteiger partial charge in [-0.3, -0.25) is 14.5 Å². The second-order valence-corrected chi connectivity index (χ2v) is 9.78. The van der Waals surface area contributed by atoms with Crippen molar-refractivity contribution in [3.8, 4) is 11.5 Å². The fraction of sp³-hybridized carbons (Fsp3) is 0.440. The molecule has 0 unspecified atom stereocenters. The molecule has 33 heavy (non-hydrogen) atoms. The van der Waals surface area contributed by atoms with E-state index in [4.69, 9.17) is 9.47 Å². The Kier molecular flexibility index (Phi) is 6.55. The number of carbonyl (C=O) groups excluding carboxylic acids is 2. The molecular weight excluding hydrogens is 486 g/mol. The molecule has 2 saturated heterocycles. The van der Waals surface area contributed by atoms with Crippen molar-refractivity contribution in [2.45, 2.75) is 19.4 Å². The zero-order valence-electron chi connectivity index (χ0n) is 18.5. The highest BCUT2D eigenvalue weighted by molar-refractivity contribution is 9.10. The van der Waals surface area contributed by atoms with Gasteiger partial charge in [0.05, 0.1) is 0 Å². The third-order valence-electron chi connectivity index (χ3n) is 6.75. The summed E-state index contributed by atoms with van der Waals surface area (Å²) < 4.78 is 11.8. The van der Waals surface area contributed by atoms with Gasteiger partial charge in [-0.2, -0.15) is 0 Å². The number of piperidine rings is 1. The highest BCUT2D eigenvalue weighted by atomic mass is 79.9. The summed E-state index contributed by atoms with van der Waals surface area (Å²) in [6, 6.07) is 13.5. The maximum Gasteiger partial charge on any atom is 0.253 e. The van der Waals surface area contributed by atoms with Crippen LogP contribution < -0.4 is 9.47 Å². The number of hydrogen-bond donors (Lipinski definition) is 0. The number of carbonyl (C=O) groups is 2. The first-order valence-electron chi connectivity index (χ1n) is 11.5. The number of ether oxygens (including phenoxy) is 2. The van der Waals surface area contributed by atoms with Gasteiger partial charge in [0.2, 0.25) is 12.7 Å². The lowest BCUT2D eigenvalue weighted by Crippen LogP contribution is -2.51. The Balaban J connectivity index is 1.08. The molecule has 2 amide bonds. The van der Waals surface area contributed by atoms with Crippen LogP contribution in [0.5, 0.6) is 11.5 Å². The maximum absolute atomic E-state index is 13.1. The second kappa shape index (κ2) is 9.73. The molecule has 3 aliphatic heterocycles. The zero-order chi connectivity index (χ0) is 22.8. The van der Waals surface area contributed by atoms with Gasteiger partial charge in [0.1, 0.15) is 0 Å². The molecule has 174 valence electrons. The van der Waals surface area contributed by atoms with E-state index in [9.17, 15) is 9.59 Å². The Morgan fingerprint density at radius 1 is 0.848 bits per heavy atom. The van der Waals surface area contributed by atoms with Gasteiger partial charge in [0.25, 0.3) is 5.91 Å². The minimum absolute atomic E-state index is 0.0133. The zero-order valence-corrected chi connectivity index (χ0v) is 20.1. The molecule has 0 atom stereocenters. The third kappa shape index (κ3) is 5.01. The number of rotatable bonds is 4. The summed E-state index contributed by atoms with van der Waals surface area (Å²) in [6.45, 7) is 5.63. The van der Waals surface area contributed by atoms with Crippen molar-refractivity contribution in [3.63, 3.8) is 0 Å². The number of hydrogen-bond acceptors (Lipinski definition) is 5. The normalized spacial score (nSPS) is 19.1. The van der Waals surface area contributed by atoms with E-state index in [0.717, 1.165) is 61.5 Å². The minimum atomic E-state index is 0.0133. The van der Waals surface area contributed by atoms with Gasteiger partial charge in [-0.25, -0.2) is 0 Å². The van der Waals surface area contributed by atoms with Crippen LogP contribution in [0.3, 0.4) is 0 Å². The van der Waals surface area contributed by atoms with E-state index in [2.05, 4.69) is 26.9 Å². The van der Waals surface area contributed by atoms with Gasteiger partial charge in [0, 0.05) is 61.8 Å². The first-order valence-corrected chi connectivity index (χ1v) is 12.3. The SMILES string of the molecule is O=C(c1ccc(Br)cc1)N1CCC(C(=O)N2CCN(Cc3ccc4c(c3)OCO4)CC2)CC1. The quantitative estimate of drug-likeness (QED) is 0.627. The molecule has 5 rings (SSSR count). The lowest BCUT2D eigenvalue weighted by molar-refractivity contribution is -0.138. The van der Waals surface area contributed by atoms with E-state index in [0.29, 0.717) is 18.7 Å². The van der Waals surface area contributed by atoms with Gasteiger partial charge in [-0.05, 0) is 54.8 Å². The van der Waals surface area contributed by atoms with E-state index in [1.54, 1.807) is 0 Å². The number of halogens is 1. The number of benzene rings is 2. The Hall–Kier alpha value is -2.58. The fourth-order valence-corrected chi connectivity index (χ4v) is 5.05. The van der Waals surface area contributed by atoms with Crippen molar-refractivity contribution in [1.82, 2.24) is 14.7 Å². The van der Waals surface area contributed by atoms with Crippen LogP contribution in [-0.4, -0.2) is 72.6 Å². The number of amides is 2. The van der Waals surface area contributed by atoms with Crippen LogP contribution in [0.1, 0.15) is 28.8 Å². The van der Waals surface area contributed by atoms with E-state index in [1.807, 2.05) is 46.2 Å². The van der Waals surface area contributed by atoms with Crippen molar-refractivity contribution in [1.29, 1.82) is 0 Å². The standard InChI is InChI=1S/C25H28BrN3O4/c26-21-4-2-19(3-5-21)24(30)28-9-7-20(8-10-28)25(31)29-13-11-27(12-14-29)16-18-1-6-22-23(15-18)33-17-32-22/h1-6,15,20H,7-14,16-17H2. The topological polar surface area (TPSA) is 62.3 Å². The van der Waals surface area contributed by atoms with Crippen molar-refractivity contribution < 1.29 is 19.1 Å². The smallest absolute Gasteiger partial charge is 0.253 e. The molecular formula is C25H28BrN3O4. The summed E-state index contributed by atoms with van der Waals surface area (Å²) in [5, 5.41) is 0. The molecule has 0 N–H and O–H groups in total. The van der Waals surface area contributed by atoms with Gasteiger partial charge in [-0.1, -0.05) is 22.0 Å². The number of nitrogens with zero attached hydrogens (tertiary/aromatic N) is 3. The van der Waals surface area contributed by atoms with Crippen molar-refractivity contribution >= 4 is 27.7 Å². The van der Waals surface area contributed by atoms with Crippen LogP contribution in [0.4, 0.5) is 0 Å². The summed E-state index contributed by atoms with van der Waals surface area (Å²) in [7, 11) is 0. The molecule has 2 fully saturated rings. The van der Waals surface area contributed by atoms with Crippen LogP contribution in [0.15, 0.2) is 46.9 Å². The number of piperazine rings is 1. The average molecular weight is 514 g/mol. The molecule has 8 heteroatoms. The van der Waals surface area contributed by atoms with Crippen LogP contribution in [-0.2, 0) is 11.3 Å². The second-order valence-electron chi connectivity index (χ2n) is 8.86. The van der Waals surface area contributed by atoms with Gasteiger partial charge in [-0.15, -0.1) is 0 Å². The number of likely N-dealkylation sites (tertiary alicyclic amines) is 1. The highest BCUT2D eigenvalue weighted by Crippen LogP contribution is 2.33. The molecule has 0 radical (unpaired) electrons. The van der Waals surface area contributed by atoms with E-state index in [-0.39, 0.29) is 24.5 Å². The van der Waals surface area contributed by atoms with Crippen molar-refractivity contribution in [2.24, 2.45) is 5.92 Å². The molecule has 2 aromatic rings. The van der Waals surface area contributed by atoms with E-state index >= 15 is 0 Å². The first kappa shape index (κ1) is 22.2. The average Bonchev–Trinajstić information content (AvgIpc) is 3.32. The largest absolute Gasteiger partial charge is 0.454 e. The van der Waals surface area contributed by atoms with E-state index in [1.165, 1.54) is 5.56 Å².